The van der Waals surface area contributed by atoms with Crippen molar-refractivity contribution < 1.29 is 0 Å². The molecule has 0 aliphatic rings. The Morgan fingerprint density at radius 3 is 2.61 bits per heavy atom. The Morgan fingerprint density at radius 2 is 2.06 bits per heavy atom. The van der Waals surface area contributed by atoms with E-state index >= 15 is 0 Å². The molecule has 2 aromatic rings. The number of rotatable bonds is 4. The van der Waals surface area contributed by atoms with Crippen LogP contribution in [0.1, 0.15) is 29.0 Å². The van der Waals surface area contributed by atoms with Crippen LogP contribution < -0.4 is 5.32 Å². The van der Waals surface area contributed by atoms with Gasteiger partial charge in [-0.25, -0.2) is 0 Å². The fraction of sp³-hybridized carbons (Fsp3) is 0.286. The maximum atomic E-state index is 6.31. The summed E-state index contributed by atoms with van der Waals surface area (Å²) < 4.78 is 0. The lowest BCUT2D eigenvalue weighted by Crippen LogP contribution is -2.22. The fourth-order valence-electron chi connectivity index (χ4n) is 1.96. The second kappa shape index (κ2) is 6.07. The minimum absolute atomic E-state index is 0.139. The zero-order valence-electron chi connectivity index (χ0n) is 10.3. The van der Waals surface area contributed by atoms with Crippen molar-refractivity contribution in [3.63, 3.8) is 0 Å². The number of benzene rings is 1. The van der Waals surface area contributed by atoms with E-state index in [9.17, 15) is 0 Å². The maximum absolute atomic E-state index is 6.31. The molecule has 0 aliphatic carbocycles. The Kier molecular flexibility index (Phi) is 4.68. The summed E-state index contributed by atoms with van der Waals surface area (Å²) in [7, 11) is 0. The molecule has 1 heterocycles. The molecule has 1 aromatic carbocycles. The normalized spacial score (nSPS) is 12.7. The molecule has 0 amide bonds. The van der Waals surface area contributed by atoms with E-state index in [-0.39, 0.29) is 6.04 Å². The van der Waals surface area contributed by atoms with Crippen LogP contribution in [0.2, 0.25) is 10.0 Å². The number of hydrogen-bond donors (Lipinski definition) is 1. The molecule has 96 valence electrons. The van der Waals surface area contributed by atoms with Crippen molar-refractivity contribution in [3.05, 3.63) is 55.7 Å². The van der Waals surface area contributed by atoms with Crippen LogP contribution >= 0.6 is 34.5 Å². The summed E-state index contributed by atoms with van der Waals surface area (Å²) in [4.78, 5) is 1.31. The zero-order valence-corrected chi connectivity index (χ0v) is 12.7. The molecule has 0 saturated heterocycles. The van der Waals surface area contributed by atoms with Gasteiger partial charge in [0.05, 0.1) is 6.04 Å². The van der Waals surface area contributed by atoms with Crippen molar-refractivity contribution in [1.82, 2.24) is 5.32 Å². The summed E-state index contributed by atoms with van der Waals surface area (Å²) in [6.45, 7) is 5.11. The summed E-state index contributed by atoms with van der Waals surface area (Å²) in [6.07, 6.45) is 0. The average molecular weight is 300 g/mol. The van der Waals surface area contributed by atoms with Gasteiger partial charge >= 0.3 is 0 Å². The first-order chi connectivity index (χ1) is 8.63. The third kappa shape index (κ3) is 2.89. The van der Waals surface area contributed by atoms with Crippen LogP contribution in [0.15, 0.2) is 29.6 Å². The summed E-state index contributed by atoms with van der Waals surface area (Å²) in [5.41, 5.74) is 2.37. The standard InChI is InChI=1S/C14H15Cl2NS/c1-3-17-13(14-9(2)6-7-18-14)11-5-4-10(15)8-12(11)16/h4-8,13,17H,3H2,1-2H3. The first-order valence-electron chi connectivity index (χ1n) is 5.85. The van der Waals surface area contributed by atoms with Gasteiger partial charge in [0.15, 0.2) is 0 Å². The van der Waals surface area contributed by atoms with E-state index in [0.717, 1.165) is 12.1 Å². The van der Waals surface area contributed by atoms with Crippen LogP contribution in [0.3, 0.4) is 0 Å². The Hall–Kier alpha value is -0.540. The highest BCUT2D eigenvalue weighted by Crippen LogP contribution is 2.34. The van der Waals surface area contributed by atoms with Crippen LogP contribution in [0.4, 0.5) is 0 Å². The summed E-state index contributed by atoms with van der Waals surface area (Å²) >= 11 is 14.0. The molecule has 1 aromatic heterocycles. The Balaban J connectivity index is 2.45. The molecule has 1 N–H and O–H groups in total. The summed E-state index contributed by atoms with van der Waals surface area (Å²) in [5, 5.41) is 6.97. The van der Waals surface area contributed by atoms with Crippen LogP contribution in [0.5, 0.6) is 0 Å². The van der Waals surface area contributed by atoms with Crippen LogP contribution in [0.25, 0.3) is 0 Å². The smallest absolute Gasteiger partial charge is 0.0688 e. The van der Waals surface area contributed by atoms with Crippen LogP contribution in [0, 0.1) is 6.92 Å². The van der Waals surface area contributed by atoms with Gasteiger partial charge < -0.3 is 5.32 Å². The highest BCUT2D eigenvalue weighted by atomic mass is 35.5. The van der Waals surface area contributed by atoms with Gasteiger partial charge in [0.25, 0.3) is 0 Å². The number of nitrogens with one attached hydrogen (secondary N) is 1. The minimum atomic E-state index is 0.139. The third-order valence-electron chi connectivity index (χ3n) is 2.85. The van der Waals surface area contributed by atoms with Crippen molar-refractivity contribution in [1.29, 1.82) is 0 Å². The van der Waals surface area contributed by atoms with Gasteiger partial charge in [-0.2, -0.15) is 0 Å². The molecule has 0 radical (unpaired) electrons. The van der Waals surface area contributed by atoms with Crippen molar-refractivity contribution in [3.8, 4) is 0 Å². The van der Waals surface area contributed by atoms with Crippen molar-refractivity contribution >= 4 is 34.5 Å². The summed E-state index contributed by atoms with van der Waals surface area (Å²) in [6, 6.07) is 7.95. The molecule has 1 unspecified atom stereocenters. The number of hydrogen-bond acceptors (Lipinski definition) is 2. The second-order valence-electron chi connectivity index (χ2n) is 4.12. The first-order valence-corrected chi connectivity index (χ1v) is 7.49. The second-order valence-corrected chi connectivity index (χ2v) is 5.92. The van der Waals surface area contributed by atoms with Gasteiger partial charge in [-0.05, 0) is 48.2 Å². The largest absolute Gasteiger partial charge is 0.306 e. The molecule has 1 nitrogen and oxygen atoms in total. The van der Waals surface area contributed by atoms with Gasteiger partial charge in [0.1, 0.15) is 0 Å². The summed E-state index contributed by atoms with van der Waals surface area (Å²) in [5.74, 6) is 0. The topological polar surface area (TPSA) is 12.0 Å². The Labute approximate surface area is 122 Å². The number of thiophene rings is 1. The van der Waals surface area contributed by atoms with Crippen LogP contribution in [-0.4, -0.2) is 6.54 Å². The molecule has 2 rings (SSSR count). The Morgan fingerprint density at radius 1 is 1.28 bits per heavy atom. The lowest BCUT2D eigenvalue weighted by Gasteiger charge is -2.19. The molecular weight excluding hydrogens is 285 g/mol. The van der Waals surface area contributed by atoms with Gasteiger partial charge in [-0.15, -0.1) is 11.3 Å². The highest BCUT2D eigenvalue weighted by Gasteiger charge is 2.19. The first kappa shape index (κ1) is 13.9. The molecule has 0 spiro atoms. The predicted molar refractivity (Wildman–Crippen MR) is 81.0 cm³/mol. The van der Waals surface area contributed by atoms with Gasteiger partial charge in [-0.1, -0.05) is 36.2 Å². The van der Waals surface area contributed by atoms with Crippen molar-refractivity contribution in [2.45, 2.75) is 19.9 Å². The molecule has 1 atom stereocenters. The van der Waals surface area contributed by atoms with E-state index < -0.39 is 0 Å². The SMILES string of the molecule is CCNC(c1ccc(Cl)cc1Cl)c1sccc1C. The van der Waals surface area contributed by atoms with Crippen molar-refractivity contribution in [2.24, 2.45) is 0 Å². The molecule has 0 saturated carbocycles. The zero-order chi connectivity index (χ0) is 13.1. The van der Waals surface area contributed by atoms with E-state index in [2.05, 4.69) is 30.6 Å². The fourth-order valence-corrected chi connectivity index (χ4v) is 3.50. The van der Waals surface area contributed by atoms with E-state index in [4.69, 9.17) is 23.2 Å². The molecular formula is C14H15Cl2NS. The maximum Gasteiger partial charge on any atom is 0.0688 e. The van der Waals surface area contributed by atoms with E-state index in [1.165, 1.54) is 10.4 Å². The van der Waals surface area contributed by atoms with Crippen molar-refractivity contribution in [2.75, 3.05) is 6.54 Å². The van der Waals surface area contributed by atoms with Gasteiger partial charge in [0, 0.05) is 14.9 Å². The molecule has 0 fully saturated rings. The third-order valence-corrected chi connectivity index (χ3v) is 4.49. The lowest BCUT2D eigenvalue weighted by atomic mass is 10.0. The van der Waals surface area contributed by atoms with Gasteiger partial charge in [0.2, 0.25) is 0 Å². The monoisotopic (exact) mass is 299 g/mol. The minimum Gasteiger partial charge on any atom is -0.306 e. The molecule has 0 aliphatic heterocycles. The highest BCUT2D eigenvalue weighted by molar-refractivity contribution is 7.10. The van der Waals surface area contributed by atoms with E-state index in [1.54, 1.807) is 17.4 Å². The van der Waals surface area contributed by atoms with E-state index in [1.807, 2.05) is 12.1 Å². The van der Waals surface area contributed by atoms with E-state index in [0.29, 0.717) is 10.0 Å². The Bertz CT molecular complexity index is 536. The number of aryl methyl sites for hydroxylation is 1. The van der Waals surface area contributed by atoms with Gasteiger partial charge in [-0.3, -0.25) is 0 Å². The predicted octanol–water partition coefficient (Wildman–Crippen LogP) is 5.06. The lowest BCUT2D eigenvalue weighted by molar-refractivity contribution is 0.637. The average Bonchev–Trinajstić information content (AvgIpc) is 2.73. The molecule has 0 bridgehead atoms. The number of halogens is 2. The molecule has 18 heavy (non-hydrogen) atoms. The molecule has 4 heteroatoms. The van der Waals surface area contributed by atoms with Crippen LogP contribution in [-0.2, 0) is 0 Å². The quantitative estimate of drug-likeness (QED) is 0.832.